The van der Waals surface area contributed by atoms with Crippen molar-refractivity contribution in [3.8, 4) is 0 Å². The van der Waals surface area contributed by atoms with Crippen molar-refractivity contribution in [2.45, 2.75) is 25.9 Å². The first-order valence-corrected chi connectivity index (χ1v) is 7.53. The second kappa shape index (κ2) is 5.86. The van der Waals surface area contributed by atoms with E-state index in [0.29, 0.717) is 30.4 Å². The molecule has 0 unspecified atom stereocenters. The fraction of sp³-hybridized carbons (Fsp3) is 0.583. The highest BCUT2D eigenvalue weighted by Gasteiger charge is 2.29. The molecular formula is C12H16N6O2S. The monoisotopic (exact) mass is 308 g/mol. The lowest BCUT2D eigenvalue weighted by molar-refractivity contribution is -0.0265. The number of aromatic amines is 1. The molecule has 3 heterocycles. The Labute approximate surface area is 125 Å². The van der Waals surface area contributed by atoms with Gasteiger partial charge in [-0.15, -0.1) is 5.10 Å². The number of amides is 1. The molecule has 3 rings (SSSR count). The molecule has 1 N–H and O–H groups in total. The van der Waals surface area contributed by atoms with Crippen LogP contribution in [0.2, 0.25) is 0 Å². The van der Waals surface area contributed by atoms with Gasteiger partial charge in [0.05, 0.1) is 19.3 Å². The molecule has 2 aromatic heterocycles. The lowest BCUT2D eigenvalue weighted by Gasteiger charge is -2.31. The minimum Gasteiger partial charge on any atom is -0.367 e. The fourth-order valence-electron chi connectivity index (χ4n) is 2.11. The summed E-state index contributed by atoms with van der Waals surface area (Å²) < 4.78 is 9.42. The van der Waals surface area contributed by atoms with Crippen molar-refractivity contribution in [3.05, 3.63) is 22.7 Å². The molecule has 9 heteroatoms. The van der Waals surface area contributed by atoms with Crippen molar-refractivity contribution >= 4 is 17.4 Å². The zero-order valence-electron chi connectivity index (χ0n) is 11.8. The zero-order valence-corrected chi connectivity index (χ0v) is 12.6. The van der Waals surface area contributed by atoms with Crippen LogP contribution < -0.4 is 0 Å². The van der Waals surface area contributed by atoms with Gasteiger partial charge in [0.2, 0.25) is 0 Å². The minimum atomic E-state index is -0.274. The Balaban J connectivity index is 1.72. The predicted molar refractivity (Wildman–Crippen MR) is 75.0 cm³/mol. The number of morpholine rings is 1. The minimum absolute atomic E-state index is 0.0677. The van der Waals surface area contributed by atoms with Crippen LogP contribution in [0.5, 0.6) is 0 Å². The summed E-state index contributed by atoms with van der Waals surface area (Å²) >= 11 is 1.10. The van der Waals surface area contributed by atoms with E-state index < -0.39 is 0 Å². The van der Waals surface area contributed by atoms with Crippen molar-refractivity contribution in [1.82, 2.24) is 29.7 Å². The van der Waals surface area contributed by atoms with Crippen molar-refractivity contribution in [2.24, 2.45) is 0 Å². The smallest absolute Gasteiger partial charge is 0.267 e. The Morgan fingerprint density at radius 2 is 2.43 bits per heavy atom. The number of carbonyl (C=O) groups excluding carboxylic acids is 1. The third-order valence-corrected chi connectivity index (χ3v) is 3.92. The third-order valence-electron chi connectivity index (χ3n) is 3.27. The van der Waals surface area contributed by atoms with Crippen LogP contribution in [0.4, 0.5) is 0 Å². The van der Waals surface area contributed by atoms with E-state index in [2.05, 4.69) is 24.8 Å². The quantitative estimate of drug-likeness (QED) is 0.908. The van der Waals surface area contributed by atoms with Crippen LogP contribution >= 0.6 is 11.5 Å². The number of nitrogens with one attached hydrogen (secondary N) is 1. The lowest BCUT2D eigenvalue weighted by Crippen LogP contribution is -2.42. The first-order valence-electron chi connectivity index (χ1n) is 6.75. The Bertz CT molecular complexity index is 611. The summed E-state index contributed by atoms with van der Waals surface area (Å²) in [5, 5.41) is 10.8. The van der Waals surface area contributed by atoms with Gasteiger partial charge in [-0.05, 0) is 11.5 Å². The number of H-pyrrole nitrogens is 1. The zero-order chi connectivity index (χ0) is 14.8. The summed E-state index contributed by atoms with van der Waals surface area (Å²) in [7, 11) is 0. The van der Waals surface area contributed by atoms with Crippen LogP contribution in [0, 0.1) is 0 Å². The number of carbonyl (C=O) groups is 1. The first kappa shape index (κ1) is 14.1. The molecule has 1 amide bonds. The second-order valence-corrected chi connectivity index (χ2v) is 5.91. The summed E-state index contributed by atoms with van der Waals surface area (Å²) in [6.45, 7) is 5.53. The van der Waals surface area contributed by atoms with Gasteiger partial charge < -0.3 is 9.64 Å². The van der Waals surface area contributed by atoms with Gasteiger partial charge in [-0.25, -0.2) is 4.98 Å². The molecule has 0 saturated carbocycles. The molecule has 0 spiro atoms. The van der Waals surface area contributed by atoms with Crippen molar-refractivity contribution in [2.75, 3.05) is 19.7 Å². The van der Waals surface area contributed by atoms with E-state index in [1.165, 1.54) is 6.20 Å². The van der Waals surface area contributed by atoms with Crippen LogP contribution in [0.25, 0.3) is 0 Å². The summed E-state index contributed by atoms with van der Waals surface area (Å²) in [6, 6.07) is 0. The molecule has 1 fully saturated rings. The highest BCUT2D eigenvalue weighted by Crippen LogP contribution is 2.22. The maximum atomic E-state index is 12.3. The molecule has 8 nitrogen and oxygen atoms in total. The molecule has 21 heavy (non-hydrogen) atoms. The van der Waals surface area contributed by atoms with Gasteiger partial charge in [0, 0.05) is 12.5 Å². The van der Waals surface area contributed by atoms with Gasteiger partial charge in [-0.2, -0.15) is 5.10 Å². The lowest BCUT2D eigenvalue weighted by atomic mass is 10.2. The van der Waals surface area contributed by atoms with Gasteiger partial charge >= 0.3 is 0 Å². The Morgan fingerprint density at radius 1 is 1.57 bits per heavy atom. The molecule has 0 bridgehead atoms. The molecule has 0 aromatic carbocycles. The molecule has 2 aromatic rings. The number of hydrogen-bond acceptors (Lipinski definition) is 7. The topological polar surface area (TPSA) is 96.9 Å². The Hall–Kier alpha value is -1.87. The van der Waals surface area contributed by atoms with E-state index >= 15 is 0 Å². The molecule has 112 valence electrons. The molecule has 1 aliphatic heterocycles. The van der Waals surface area contributed by atoms with E-state index in [-0.39, 0.29) is 17.9 Å². The Kier molecular flexibility index (Phi) is 3.93. The van der Waals surface area contributed by atoms with E-state index in [0.717, 1.165) is 17.4 Å². The average Bonchev–Trinajstić information content (AvgIpc) is 3.18. The van der Waals surface area contributed by atoms with Gasteiger partial charge in [-0.1, -0.05) is 18.3 Å². The number of rotatable bonds is 3. The molecule has 1 saturated heterocycles. The van der Waals surface area contributed by atoms with Gasteiger partial charge in [0.25, 0.3) is 5.91 Å². The Morgan fingerprint density at radius 3 is 3.10 bits per heavy atom. The van der Waals surface area contributed by atoms with E-state index in [4.69, 9.17) is 4.74 Å². The first-order chi connectivity index (χ1) is 10.1. The van der Waals surface area contributed by atoms with Crippen molar-refractivity contribution in [3.63, 3.8) is 0 Å². The van der Waals surface area contributed by atoms with Crippen LogP contribution in [0.3, 0.4) is 0 Å². The number of aromatic nitrogens is 5. The van der Waals surface area contributed by atoms with Crippen LogP contribution in [0.15, 0.2) is 6.20 Å². The highest BCUT2D eigenvalue weighted by molar-refractivity contribution is 7.07. The number of ether oxygens (including phenoxy) is 1. The summed E-state index contributed by atoms with van der Waals surface area (Å²) in [6.07, 6.45) is 1.21. The molecule has 0 aliphatic carbocycles. The van der Waals surface area contributed by atoms with Crippen LogP contribution in [-0.2, 0) is 4.74 Å². The average molecular weight is 308 g/mol. The van der Waals surface area contributed by atoms with Crippen LogP contribution in [-0.4, -0.2) is 55.3 Å². The molecular weight excluding hydrogens is 292 g/mol. The van der Waals surface area contributed by atoms with Crippen LogP contribution in [0.1, 0.15) is 47.2 Å². The summed E-state index contributed by atoms with van der Waals surface area (Å²) in [5.41, 5.74) is 0. The van der Waals surface area contributed by atoms with Crippen molar-refractivity contribution < 1.29 is 9.53 Å². The van der Waals surface area contributed by atoms with E-state index in [1.54, 1.807) is 4.90 Å². The SMILES string of the molecule is CC(C)c1n[nH]c([C@@H]2CN(C(=O)c3cnns3)CCO2)n1. The largest absolute Gasteiger partial charge is 0.367 e. The number of hydrogen-bond donors (Lipinski definition) is 1. The van der Waals surface area contributed by atoms with Crippen molar-refractivity contribution in [1.29, 1.82) is 0 Å². The molecule has 1 aliphatic rings. The maximum absolute atomic E-state index is 12.3. The third kappa shape index (κ3) is 2.93. The normalized spacial score (nSPS) is 19.2. The maximum Gasteiger partial charge on any atom is 0.267 e. The van der Waals surface area contributed by atoms with E-state index in [1.807, 2.05) is 13.8 Å². The summed E-state index contributed by atoms with van der Waals surface area (Å²) in [4.78, 5) is 19.0. The highest BCUT2D eigenvalue weighted by atomic mass is 32.1. The van der Waals surface area contributed by atoms with Gasteiger partial charge in [0.1, 0.15) is 11.0 Å². The number of nitrogens with zero attached hydrogens (tertiary/aromatic N) is 5. The fourth-order valence-corrected chi connectivity index (χ4v) is 2.59. The second-order valence-electron chi connectivity index (χ2n) is 5.13. The van der Waals surface area contributed by atoms with E-state index in [9.17, 15) is 4.79 Å². The predicted octanol–water partition coefficient (Wildman–Crippen LogP) is 0.993. The van der Waals surface area contributed by atoms with Gasteiger partial charge in [0.15, 0.2) is 11.6 Å². The molecule has 0 radical (unpaired) electrons. The van der Waals surface area contributed by atoms with Gasteiger partial charge in [-0.3, -0.25) is 9.89 Å². The standard InChI is InChI=1S/C12H16N6O2S/c1-7(2)10-14-11(16-15-10)8-6-18(3-4-20-8)12(19)9-5-13-17-21-9/h5,7-8H,3-4,6H2,1-2H3,(H,14,15,16)/t8-/m0/s1. The summed E-state index contributed by atoms with van der Waals surface area (Å²) in [5.74, 6) is 1.60. The molecule has 1 atom stereocenters.